The van der Waals surface area contributed by atoms with E-state index < -0.39 is 0 Å². The lowest BCUT2D eigenvalue weighted by Crippen LogP contribution is -2.00. The molecule has 0 spiro atoms. The van der Waals surface area contributed by atoms with Crippen molar-refractivity contribution in [3.63, 3.8) is 0 Å². The Kier molecular flexibility index (Phi) is 2.71. The van der Waals surface area contributed by atoms with Crippen LogP contribution in [0.1, 0.15) is 30.4 Å². The maximum absolute atomic E-state index is 9.80. The Bertz CT molecular complexity index is 374. The van der Waals surface area contributed by atoms with Gasteiger partial charge in [0.25, 0.3) is 0 Å². The van der Waals surface area contributed by atoms with E-state index in [1.807, 2.05) is 6.07 Å². The number of anilines is 1. The molecule has 0 radical (unpaired) electrons. The highest BCUT2D eigenvalue weighted by Gasteiger charge is 2.17. The van der Waals surface area contributed by atoms with Crippen LogP contribution in [0.3, 0.4) is 0 Å². The third-order valence-corrected chi connectivity index (χ3v) is 3.10. The first-order valence-corrected chi connectivity index (χ1v) is 5.41. The number of hydrogen-bond donors (Lipinski definition) is 2. The molecular weight excluding hydrogens is 190 g/mol. The highest BCUT2D eigenvalue weighted by Crippen LogP contribution is 2.39. The first-order chi connectivity index (χ1) is 7.24. The molecule has 2 rings (SSSR count). The summed E-state index contributed by atoms with van der Waals surface area (Å²) in [4.78, 5) is 0. The second-order valence-electron chi connectivity index (χ2n) is 4.04. The van der Waals surface area contributed by atoms with Gasteiger partial charge in [-0.05, 0) is 42.9 Å². The molecule has 0 atom stereocenters. The van der Waals surface area contributed by atoms with Crippen molar-refractivity contribution in [1.29, 1.82) is 0 Å². The third-order valence-electron chi connectivity index (χ3n) is 3.10. The molecule has 0 saturated carbocycles. The molecule has 3 nitrogen and oxygen atoms in total. The summed E-state index contributed by atoms with van der Waals surface area (Å²) < 4.78 is 5.10. The molecule has 82 valence electrons. The van der Waals surface area contributed by atoms with Gasteiger partial charge >= 0.3 is 0 Å². The van der Waals surface area contributed by atoms with Crippen LogP contribution in [-0.2, 0) is 12.8 Å². The van der Waals surface area contributed by atoms with Crippen molar-refractivity contribution in [2.75, 3.05) is 12.8 Å². The van der Waals surface area contributed by atoms with Crippen molar-refractivity contribution in [1.82, 2.24) is 0 Å². The number of aromatic hydroxyl groups is 1. The second kappa shape index (κ2) is 4.01. The molecular formula is C12H17NO2. The molecule has 1 aliphatic carbocycles. The molecule has 0 heterocycles. The molecule has 0 aliphatic heterocycles. The minimum atomic E-state index is 0.0955. The third kappa shape index (κ3) is 1.74. The fourth-order valence-electron chi connectivity index (χ4n) is 2.23. The number of nitrogens with two attached hydrogens (primary N) is 1. The van der Waals surface area contributed by atoms with Crippen molar-refractivity contribution in [2.45, 2.75) is 32.1 Å². The van der Waals surface area contributed by atoms with E-state index in [1.165, 1.54) is 18.4 Å². The van der Waals surface area contributed by atoms with Gasteiger partial charge < -0.3 is 15.6 Å². The van der Waals surface area contributed by atoms with Gasteiger partial charge in [0.2, 0.25) is 0 Å². The molecule has 15 heavy (non-hydrogen) atoms. The average molecular weight is 207 g/mol. The van der Waals surface area contributed by atoms with Crippen molar-refractivity contribution in [3.05, 3.63) is 17.2 Å². The fourth-order valence-corrected chi connectivity index (χ4v) is 2.23. The van der Waals surface area contributed by atoms with Crippen LogP contribution in [0.25, 0.3) is 0 Å². The minimum Gasteiger partial charge on any atom is -0.503 e. The quantitative estimate of drug-likeness (QED) is 0.422. The van der Waals surface area contributed by atoms with Crippen LogP contribution >= 0.6 is 0 Å². The summed E-state index contributed by atoms with van der Waals surface area (Å²) in [5.41, 5.74) is 8.78. The topological polar surface area (TPSA) is 55.5 Å². The molecule has 1 aliphatic rings. The Balaban J connectivity index is 2.53. The average Bonchev–Trinajstić information content (AvgIpc) is 2.48. The van der Waals surface area contributed by atoms with E-state index in [1.54, 1.807) is 7.11 Å². The van der Waals surface area contributed by atoms with Crippen LogP contribution in [-0.4, -0.2) is 12.2 Å². The van der Waals surface area contributed by atoms with Gasteiger partial charge in [0.05, 0.1) is 12.8 Å². The number of ether oxygens (including phenoxy) is 1. The summed E-state index contributed by atoms with van der Waals surface area (Å²) >= 11 is 0. The minimum absolute atomic E-state index is 0.0955. The van der Waals surface area contributed by atoms with Crippen LogP contribution in [0.5, 0.6) is 11.5 Å². The summed E-state index contributed by atoms with van der Waals surface area (Å²) in [6, 6.07) is 1.92. The van der Waals surface area contributed by atoms with Crippen molar-refractivity contribution < 1.29 is 9.84 Å². The summed E-state index contributed by atoms with van der Waals surface area (Å²) in [5.74, 6) is 0.589. The highest BCUT2D eigenvalue weighted by molar-refractivity contribution is 5.67. The lowest BCUT2D eigenvalue weighted by atomic mass is 10.00. The zero-order valence-corrected chi connectivity index (χ0v) is 9.05. The normalized spacial score (nSPS) is 15.5. The standard InChI is InChI=1S/C12H17NO2/c1-15-10-7-8-5-3-2-4-6-9(8)11(13)12(10)14/h7,14H,2-6,13H2,1H3. The Morgan fingerprint density at radius 1 is 1.27 bits per heavy atom. The molecule has 3 heteroatoms. The summed E-state index contributed by atoms with van der Waals surface area (Å²) in [7, 11) is 1.55. The maximum Gasteiger partial charge on any atom is 0.181 e. The number of benzene rings is 1. The fraction of sp³-hybridized carbons (Fsp3) is 0.500. The van der Waals surface area contributed by atoms with E-state index in [4.69, 9.17) is 10.5 Å². The van der Waals surface area contributed by atoms with Gasteiger partial charge in [-0.15, -0.1) is 0 Å². The van der Waals surface area contributed by atoms with Gasteiger partial charge in [-0.25, -0.2) is 0 Å². The molecule has 1 aromatic carbocycles. The van der Waals surface area contributed by atoms with Gasteiger partial charge in [-0.2, -0.15) is 0 Å². The summed E-state index contributed by atoms with van der Waals surface area (Å²) in [5, 5.41) is 9.80. The molecule has 0 unspecified atom stereocenters. The van der Waals surface area contributed by atoms with E-state index in [2.05, 4.69) is 0 Å². The SMILES string of the molecule is COc1cc2c(c(N)c1O)CCCCC2. The largest absolute Gasteiger partial charge is 0.503 e. The Labute approximate surface area is 89.9 Å². The van der Waals surface area contributed by atoms with E-state index in [0.717, 1.165) is 24.8 Å². The van der Waals surface area contributed by atoms with E-state index in [9.17, 15) is 5.11 Å². The number of phenols is 1. The molecule has 0 fully saturated rings. The Morgan fingerprint density at radius 2 is 2.00 bits per heavy atom. The number of phenolic OH excluding ortho intramolecular Hbond substituents is 1. The highest BCUT2D eigenvalue weighted by atomic mass is 16.5. The van der Waals surface area contributed by atoms with Crippen LogP contribution in [0.15, 0.2) is 6.07 Å². The van der Waals surface area contributed by atoms with Gasteiger partial charge in [0.15, 0.2) is 11.5 Å². The lowest BCUT2D eigenvalue weighted by molar-refractivity contribution is 0.374. The van der Waals surface area contributed by atoms with Gasteiger partial charge in [-0.1, -0.05) is 6.42 Å². The number of nitrogen functional groups attached to an aromatic ring is 1. The maximum atomic E-state index is 9.80. The molecule has 0 amide bonds. The van der Waals surface area contributed by atoms with Gasteiger partial charge in [-0.3, -0.25) is 0 Å². The Hall–Kier alpha value is -1.38. The monoisotopic (exact) mass is 207 g/mol. The zero-order valence-electron chi connectivity index (χ0n) is 9.05. The first-order valence-electron chi connectivity index (χ1n) is 5.41. The Morgan fingerprint density at radius 3 is 2.73 bits per heavy atom. The molecule has 0 bridgehead atoms. The number of rotatable bonds is 1. The van der Waals surface area contributed by atoms with Crippen molar-refractivity contribution in [2.24, 2.45) is 0 Å². The van der Waals surface area contributed by atoms with Crippen LogP contribution in [0.2, 0.25) is 0 Å². The van der Waals surface area contributed by atoms with Crippen molar-refractivity contribution >= 4 is 5.69 Å². The van der Waals surface area contributed by atoms with E-state index in [-0.39, 0.29) is 5.75 Å². The zero-order chi connectivity index (χ0) is 10.8. The number of methoxy groups -OCH3 is 1. The lowest BCUT2D eigenvalue weighted by Gasteiger charge is -2.14. The smallest absolute Gasteiger partial charge is 0.181 e. The summed E-state index contributed by atoms with van der Waals surface area (Å²) in [6.45, 7) is 0. The molecule has 1 aromatic rings. The predicted octanol–water partition coefficient (Wildman–Crippen LogP) is 2.25. The van der Waals surface area contributed by atoms with Crippen LogP contribution < -0.4 is 10.5 Å². The van der Waals surface area contributed by atoms with E-state index >= 15 is 0 Å². The van der Waals surface area contributed by atoms with Crippen LogP contribution in [0.4, 0.5) is 5.69 Å². The molecule has 0 saturated heterocycles. The molecule has 3 N–H and O–H groups in total. The van der Waals surface area contributed by atoms with Crippen LogP contribution in [0, 0.1) is 0 Å². The van der Waals surface area contributed by atoms with Gasteiger partial charge in [0, 0.05) is 0 Å². The number of hydrogen-bond acceptors (Lipinski definition) is 3. The predicted molar refractivity (Wildman–Crippen MR) is 60.3 cm³/mol. The van der Waals surface area contributed by atoms with Gasteiger partial charge in [0.1, 0.15) is 0 Å². The number of fused-ring (bicyclic) bond motifs is 1. The second-order valence-corrected chi connectivity index (χ2v) is 4.04. The summed E-state index contributed by atoms with van der Waals surface area (Å²) in [6.07, 6.45) is 5.59. The first kappa shape index (κ1) is 10.1. The number of aryl methyl sites for hydroxylation is 1. The van der Waals surface area contributed by atoms with Crippen molar-refractivity contribution in [3.8, 4) is 11.5 Å². The van der Waals surface area contributed by atoms with E-state index in [0.29, 0.717) is 11.4 Å². The molecule has 0 aromatic heterocycles.